The molecular formula is C7H16O5SSi. The minimum Gasteiger partial charge on any atom is -0.478 e. The molecule has 0 aromatic rings. The first-order chi connectivity index (χ1) is 6.10. The Labute approximate surface area is 91.5 Å². The summed E-state index contributed by atoms with van der Waals surface area (Å²) in [5.41, 5.74) is 0. The molecular weight excluding hydrogens is 224 g/mol. The van der Waals surface area contributed by atoms with Crippen LogP contribution in [0.15, 0.2) is 12.2 Å². The van der Waals surface area contributed by atoms with Crippen molar-refractivity contribution >= 4 is 28.3 Å². The number of hydrogen-bond acceptors (Lipinski definition) is 4. The zero-order valence-corrected chi connectivity index (χ0v) is 10.4. The van der Waals surface area contributed by atoms with E-state index in [1.54, 1.807) is 0 Å². The maximum Gasteiger partial charge on any atom is 0.504 e. The third kappa shape index (κ3) is 5.40. The lowest BCUT2D eigenvalue weighted by Gasteiger charge is -2.22. The standard InChI is InChI=1S/C7H14O5Si.H2S/c1-10-13(11-2,12-3)6-4-5-7(8)9;/h4-5H,6H2,1-3H3,(H,8,9);1H2. The summed E-state index contributed by atoms with van der Waals surface area (Å²) in [7, 11) is 1.81. The van der Waals surface area contributed by atoms with Crippen molar-refractivity contribution in [1.82, 2.24) is 0 Å². The molecule has 0 aliphatic carbocycles. The lowest BCUT2D eigenvalue weighted by Crippen LogP contribution is -2.42. The van der Waals surface area contributed by atoms with Gasteiger partial charge in [-0.2, -0.15) is 13.5 Å². The summed E-state index contributed by atoms with van der Waals surface area (Å²) in [6.45, 7) is 0. The normalized spacial score (nSPS) is 11.4. The smallest absolute Gasteiger partial charge is 0.478 e. The average Bonchev–Trinajstić information content (AvgIpc) is 2.13. The van der Waals surface area contributed by atoms with Gasteiger partial charge in [0.1, 0.15) is 0 Å². The van der Waals surface area contributed by atoms with Crippen LogP contribution in [0.4, 0.5) is 0 Å². The van der Waals surface area contributed by atoms with E-state index in [4.69, 9.17) is 18.4 Å². The van der Waals surface area contributed by atoms with Gasteiger partial charge in [-0.25, -0.2) is 4.79 Å². The Kier molecular flexibility index (Phi) is 9.21. The number of hydrogen-bond donors (Lipinski definition) is 1. The van der Waals surface area contributed by atoms with Crippen molar-refractivity contribution in [3.63, 3.8) is 0 Å². The van der Waals surface area contributed by atoms with E-state index in [1.165, 1.54) is 27.4 Å². The second kappa shape index (κ2) is 8.01. The molecule has 0 fully saturated rings. The SMILES string of the molecule is CO[Si](CC=CC(=O)O)(OC)OC.S. The van der Waals surface area contributed by atoms with Gasteiger partial charge in [0.2, 0.25) is 0 Å². The molecule has 0 saturated carbocycles. The van der Waals surface area contributed by atoms with Gasteiger partial charge < -0.3 is 18.4 Å². The Hall–Kier alpha value is -0.343. The third-order valence-electron chi connectivity index (χ3n) is 1.56. The van der Waals surface area contributed by atoms with Gasteiger partial charge in [0.05, 0.1) is 0 Å². The number of aliphatic carboxylic acids is 1. The molecule has 0 bridgehead atoms. The predicted octanol–water partition coefficient (Wildman–Crippen LogP) is 0.618. The van der Waals surface area contributed by atoms with Gasteiger partial charge >= 0.3 is 14.8 Å². The number of carboxylic acids is 1. The monoisotopic (exact) mass is 240 g/mol. The first kappa shape index (κ1) is 16.1. The summed E-state index contributed by atoms with van der Waals surface area (Å²) in [5, 5.41) is 8.33. The molecule has 1 N–H and O–H groups in total. The molecule has 0 saturated heterocycles. The number of allylic oxidation sites excluding steroid dienone is 1. The van der Waals surface area contributed by atoms with Crippen LogP contribution in [0, 0.1) is 0 Å². The maximum atomic E-state index is 10.2. The number of carboxylic acid groups (broad SMARTS) is 1. The van der Waals surface area contributed by atoms with Crippen LogP contribution >= 0.6 is 13.5 Å². The maximum absolute atomic E-state index is 10.2. The van der Waals surface area contributed by atoms with E-state index in [1.807, 2.05) is 0 Å². The van der Waals surface area contributed by atoms with E-state index in [0.29, 0.717) is 6.04 Å². The number of rotatable bonds is 6. The Morgan fingerprint density at radius 3 is 2.00 bits per heavy atom. The lowest BCUT2D eigenvalue weighted by molar-refractivity contribution is -0.131. The van der Waals surface area contributed by atoms with E-state index in [9.17, 15) is 4.79 Å². The molecule has 0 rings (SSSR count). The molecule has 0 heterocycles. The van der Waals surface area contributed by atoms with E-state index in [-0.39, 0.29) is 13.5 Å². The van der Waals surface area contributed by atoms with Crippen molar-refractivity contribution in [3.8, 4) is 0 Å². The fourth-order valence-corrected chi connectivity index (χ4v) is 2.21. The summed E-state index contributed by atoms with van der Waals surface area (Å²) in [6, 6.07) is 0.350. The second-order valence-corrected chi connectivity index (χ2v) is 5.24. The fraction of sp³-hybridized carbons (Fsp3) is 0.571. The van der Waals surface area contributed by atoms with Crippen LogP contribution < -0.4 is 0 Å². The van der Waals surface area contributed by atoms with Crippen LogP contribution in [0.5, 0.6) is 0 Å². The van der Waals surface area contributed by atoms with Crippen molar-refractivity contribution in [2.45, 2.75) is 6.04 Å². The van der Waals surface area contributed by atoms with Crippen LogP contribution in [0.3, 0.4) is 0 Å². The van der Waals surface area contributed by atoms with Crippen molar-refractivity contribution in [2.75, 3.05) is 21.3 Å². The molecule has 0 aliphatic heterocycles. The average molecular weight is 240 g/mol. The largest absolute Gasteiger partial charge is 0.504 e. The Morgan fingerprint density at radius 2 is 1.71 bits per heavy atom. The molecule has 0 aromatic carbocycles. The van der Waals surface area contributed by atoms with Crippen LogP contribution in [0.2, 0.25) is 6.04 Å². The quantitative estimate of drug-likeness (QED) is 0.544. The van der Waals surface area contributed by atoms with Gasteiger partial charge in [-0.1, -0.05) is 6.08 Å². The minimum absolute atomic E-state index is 0. The molecule has 0 radical (unpaired) electrons. The molecule has 0 atom stereocenters. The predicted molar refractivity (Wildman–Crippen MR) is 58.7 cm³/mol. The molecule has 7 heteroatoms. The Balaban J connectivity index is 0. The van der Waals surface area contributed by atoms with E-state index in [2.05, 4.69) is 0 Å². The molecule has 5 nitrogen and oxygen atoms in total. The van der Waals surface area contributed by atoms with Gasteiger partial charge in [-0.15, -0.1) is 0 Å². The first-order valence-electron chi connectivity index (χ1n) is 3.65. The molecule has 0 unspecified atom stereocenters. The van der Waals surface area contributed by atoms with Crippen molar-refractivity contribution < 1.29 is 23.2 Å². The Bertz CT molecular complexity index is 184. The van der Waals surface area contributed by atoms with Crippen LogP contribution in [0.25, 0.3) is 0 Å². The molecule has 0 spiro atoms. The molecule has 0 aromatic heterocycles. The third-order valence-corrected chi connectivity index (χ3v) is 4.16. The molecule has 0 aliphatic rings. The topological polar surface area (TPSA) is 65.0 Å². The molecule has 14 heavy (non-hydrogen) atoms. The van der Waals surface area contributed by atoms with Gasteiger partial charge in [0, 0.05) is 33.4 Å². The highest BCUT2D eigenvalue weighted by atomic mass is 32.1. The fourth-order valence-electron chi connectivity index (χ4n) is 0.804. The van der Waals surface area contributed by atoms with Gasteiger partial charge in [0.15, 0.2) is 0 Å². The van der Waals surface area contributed by atoms with Gasteiger partial charge in [0.25, 0.3) is 0 Å². The zero-order valence-electron chi connectivity index (χ0n) is 8.44. The lowest BCUT2D eigenvalue weighted by atomic mass is 10.5. The van der Waals surface area contributed by atoms with Crippen LogP contribution in [-0.4, -0.2) is 41.2 Å². The molecule has 0 amide bonds. The van der Waals surface area contributed by atoms with E-state index in [0.717, 1.165) is 6.08 Å². The van der Waals surface area contributed by atoms with Crippen molar-refractivity contribution in [1.29, 1.82) is 0 Å². The molecule has 84 valence electrons. The van der Waals surface area contributed by atoms with E-state index < -0.39 is 14.8 Å². The first-order valence-corrected chi connectivity index (χ1v) is 5.58. The summed E-state index contributed by atoms with van der Waals surface area (Å²) in [6.07, 6.45) is 2.50. The van der Waals surface area contributed by atoms with Crippen LogP contribution in [0.1, 0.15) is 0 Å². The highest BCUT2D eigenvalue weighted by Crippen LogP contribution is 2.12. The number of carbonyl (C=O) groups is 1. The Morgan fingerprint density at radius 1 is 1.29 bits per heavy atom. The van der Waals surface area contributed by atoms with Gasteiger partial charge in [-0.3, -0.25) is 0 Å². The van der Waals surface area contributed by atoms with Crippen molar-refractivity contribution in [3.05, 3.63) is 12.2 Å². The highest BCUT2D eigenvalue weighted by molar-refractivity contribution is 7.59. The zero-order chi connectivity index (χ0) is 10.3. The van der Waals surface area contributed by atoms with Crippen molar-refractivity contribution in [2.24, 2.45) is 0 Å². The summed E-state index contributed by atoms with van der Waals surface area (Å²) in [4.78, 5) is 10.2. The highest BCUT2D eigenvalue weighted by Gasteiger charge is 2.36. The summed E-state index contributed by atoms with van der Waals surface area (Å²) in [5.74, 6) is -0.994. The minimum atomic E-state index is -2.63. The van der Waals surface area contributed by atoms with Gasteiger partial charge in [-0.05, 0) is 0 Å². The summed E-state index contributed by atoms with van der Waals surface area (Å²) >= 11 is 0. The second-order valence-electron chi connectivity index (χ2n) is 2.24. The van der Waals surface area contributed by atoms with E-state index >= 15 is 0 Å². The summed E-state index contributed by atoms with van der Waals surface area (Å²) < 4.78 is 15.2. The van der Waals surface area contributed by atoms with Crippen LogP contribution in [-0.2, 0) is 18.1 Å².